The van der Waals surface area contributed by atoms with E-state index in [1.807, 2.05) is 6.07 Å². The highest BCUT2D eigenvalue weighted by atomic mass is 19.1. The lowest BCUT2D eigenvalue weighted by Gasteiger charge is -2.27. The van der Waals surface area contributed by atoms with Crippen molar-refractivity contribution in [3.05, 3.63) is 95.1 Å². The Morgan fingerprint density at radius 1 is 0.943 bits per heavy atom. The van der Waals surface area contributed by atoms with E-state index in [9.17, 15) is 13.6 Å². The molecule has 1 fully saturated rings. The molecule has 184 valence electrons. The average Bonchev–Trinajstić information content (AvgIpc) is 2.87. The number of halogens is 2. The van der Waals surface area contributed by atoms with Crippen molar-refractivity contribution >= 4 is 5.97 Å². The van der Waals surface area contributed by atoms with Gasteiger partial charge < -0.3 is 9.47 Å². The highest BCUT2D eigenvalue weighted by Gasteiger charge is 2.29. The van der Waals surface area contributed by atoms with E-state index in [4.69, 9.17) is 9.47 Å². The molecule has 0 saturated heterocycles. The summed E-state index contributed by atoms with van der Waals surface area (Å²) in [7, 11) is 0. The Labute approximate surface area is 206 Å². The topological polar surface area (TPSA) is 35.5 Å². The van der Waals surface area contributed by atoms with Gasteiger partial charge in [0.05, 0.1) is 12.5 Å². The monoisotopic (exact) mass is 478 g/mol. The third kappa shape index (κ3) is 6.27. The number of ether oxygens (including phenoxy) is 2. The first-order valence-electron chi connectivity index (χ1n) is 12.4. The van der Waals surface area contributed by atoms with Crippen molar-refractivity contribution in [2.45, 2.75) is 57.8 Å². The Balaban J connectivity index is 1.29. The predicted octanol–water partition coefficient (Wildman–Crippen LogP) is 7.59. The summed E-state index contributed by atoms with van der Waals surface area (Å²) in [4.78, 5) is 12.6. The van der Waals surface area contributed by atoms with E-state index in [0.717, 1.165) is 31.4 Å². The number of esters is 1. The molecule has 0 unspecified atom stereocenters. The first-order valence-corrected chi connectivity index (χ1v) is 12.4. The largest absolute Gasteiger partial charge is 0.488 e. The number of carbonyl (C=O) groups excluding carboxylic acids is 1. The molecule has 0 bridgehead atoms. The lowest BCUT2D eigenvalue weighted by molar-refractivity contribution is -0.140. The number of hydrogen-bond donors (Lipinski definition) is 0. The second kappa shape index (κ2) is 11.5. The molecule has 4 rings (SSSR count). The summed E-state index contributed by atoms with van der Waals surface area (Å²) in [6, 6.07) is 21.4. The lowest BCUT2D eigenvalue weighted by Crippen LogP contribution is -2.25. The van der Waals surface area contributed by atoms with Gasteiger partial charge in [-0.15, -0.1) is 0 Å². The van der Waals surface area contributed by atoms with Crippen LogP contribution in [0, 0.1) is 17.6 Å². The van der Waals surface area contributed by atoms with E-state index in [-0.39, 0.29) is 18.3 Å². The first-order chi connectivity index (χ1) is 16.9. The highest BCUT2D eigenvalue weighted by Crippen LogP contribution is 2.37. The molecule has 0 radical (unpaired) electrons. The molecule has 0 spiro atoms. The van der Waals surface area contributed by atoms with Crippen molar-refractivity contribution in [1.29, 1.82) is 0 Å². The number of carbonyl (C=O) groups is 1. The minimum atomic E-state index is -0.875. The van der Waals surface area contributed by atoms with Crippen molar-refractivity contribution in [3.8, 4) is 11.5 Å². The van der Waals surface area contributed by atoms with Crippen molar-refractivity contribution in [1.82, 2.24) is 0 Å². The molecule has 1 aliphatic carbocycles. The van der Waals surface area contributed by atoms with Crippen LogP contribution in [0.4, 0.5) is 8.78 Å². The minimum Gasteiger partial charge on any atom is -0.488 e. The van der Waals surface area contributed by atoms with Crippen LogP contribution in [0.5, 0.6) is 11.5 Å². The fourth-order valence-electron chi connectivity index (χ4n) is 4.92. The SMILES string of the molecule is CCOc1c(F)cc(OC(=O)C2CCC(c3ccc(C[C@H](C)c4ccccc4)cc3)CC2)cc1F. The van der Waals surface area contributed by atoms with Crippen molar-refractivity contribution in [3.63, 3.8) is 0 Å². The minimum absolute atomic E-state index is 0.129. The van der Waals surface area contributed by atoms with Gasteiger partial charge in [0.1, 0.15) is 5.75 Å². The average molecular weight is 479 g/mol. The second-order valence-electron chi connectivity index (χ2n) is 9.38. The molecule has 5 heteroatoms. The van der Waals surface area contributed by atoms with Crippen LogP contribution in [0.25, 0.3) is 0 Å². The fraction of sp³-hybridized carbons (Fsp3) is 0.367. The van der Waals surface area contributed by atoms with Gasteiger partial charge in [-0.05, 0) is 67.6 Å². The maximum Gasteiger partial charge on any atom is 0.314 e. The van der Waals surface area contributed by atoms with Gasteiger partial charge in [-0.25, -0.2) is 8.78 Å². The number of benzene rings is 3. The van der Waals surface area contributed by atoms with E-state index in [1.54, 1.807) is 6.92 Å². The summed E-state index contributed by atoms with van der Waals surface area (Å²) in [5, 5.41) is 0. The van der Waals surface area contributed by atoms with Crippen molar-refractivity contribution < 1.29 is 23.0 Å². The fourth-order valence-corrected chi connectivity index (χ4v) is 4.92. The molecule has 0 amide bonds. The summed E-state index contributed by atoms with van der Waals surface area (Å²) >= 11 is 0. The quantitative estimate of drug-likeness (QED) is 0.247. The van der Waals surface area contributed by atoms with Gasteiger partial charge >= 0.3 is 5.97 Å². The van der Waals surface area contributed by atoms with Gasteiger partial charge in [-0.3, -0.25) is 4.79 Å². The zero-order chi connectivity index (χ0) is 24.8. The Morgan fingerprint density at radius 3 is 2.17 bits per heavy atom. The predicted molar refractivity (Wildman–Crippen MR) is 133 cm³/mol. The van der Waals surface area contributed by atoms with Crippen LogP contribution in [0.3, 0.4) is 0 Å². The lowest BCUT2D eigenvalue weighted by atomic mass is 9.78. The van der Waals surface area contributed by atoms with Gasteiger partial charge in [0, 0.05) is 12.1 Å². The summed E-state index contributed by atoms with van der Waals surface area (Å²) in [5.41, 5.74) is 3.96. The van der Waals surface area contributed by atoms with E-state index in [0.29, 0.717) is 24.7 Å². The molecule has 1 saturated carbocycles. The van der Waals surface area contributed by atoms with Gasteiger partial charge in [-0.1, -0.05) is 61.5 Å². The van der Waals surface area contributed by atoms with Crippen LogP contribution in [0.1, 0.15) is 68.1 Å². The van der Waals surface area contributed by atoms with E-state index in [1.165, 1.54) is 16.7 Å². The zero-order valence-corrected chi connectivity index (χ0v) is 20.3. The maximum absolute atomic E-state index is 14.1. The Hall–Kier alpha value is -3.21. The second-order valence-corrected chi connectivity index (χ2v) is 9.38. The van der Waals surface area contributed by atoms with E-state index in [2.05, 4.69) is 55.5 Å². The van der Waals surface area contributed by atoms with Gasteiger partial charge in [-0.2, -0.15) is 0 Å². The normalized spacial score (nSPS) is 18.6. The smallest absolute Gasteiger partial charge is 0.314 e. The molecule has 3 aromatic rings. The van der Waals surface area contributed by atoms with Crippen LogP contribution in [-0.2, 0) is 11.2 Å². The van der Waals surface area contributed by atoms with Gasteiger partial charge in [0.25, 0.3) is 0 Å². The molecule has 0 aliphatic heterocycles. The zero-order valence-electron chi connectivity index (χ0n) is 20.3. The van der Waals surface area contributed by atoms with Crippen LogP contribution in [0.15, 0.2) is 66.7 Å². The third-order valence-electron chi connectivity index (χ3n) is 6.90. The first kappa shape index (κ1) is 24.9. The van der Waals surface area contributed by atoms with Crippen LogP contribution >= 0.6 is 0 Å². The molecule has 1 atom stereocenters. The number of rotatable bonds is 8. The summed E-state index contributed by atoms with van der Waals surface area (Å²) in [6.07, 6.45) is 4.14. The Kier molecular flexibility index (Phi) is 8.17. The third-order valence-corrected chi connectivity index (χ3v) is 6.90. The molecule has 35 heavy (non-hydrogen) atoms. The highest BCUT2D eigenvalue weighted by molar-refractivity contribution is 5.75. The molecule has 1 aliphatic rings. The van der Waals surface area contributed by atoms with Crippen LogP contribution in [-0.4, -0.2) is 12.6 Å². The Bertz CT molecular complexity index is 1100. The summed E-state index contributed by atoms with van der Waals surface area (Å²) in [5.74, 6) is -2.17. The standard InChI is InChI=1S/C30H32F2O3/c1-3-34-29-27(31)18-26(19-28(29)32)35-30(33)25-15-13-24(14-16-25)23-11-9-21(10-12-23)17-20(2)22-7-5-4-6-8-22/h4-12,18-20,24-25H,3,13-17H2,1-2H3/t20-,24?,25?/m0/s1. The van der Waals surface area contributed by atoms with Gasteiger partial charge in [0.15, 0.2) is 17.4 Å². The van der Waals surface area contributed by atoms with Crippen molar-refractivity contribution in [2.75, 3.05) is 6.61 Å². The number of hydrogen-bond acceptors (Lipinski definition) is 3. The molecule has 0 N–H and O–H groups in total. The molecular weight excluding hydrogens is 446 g/mol. The summed E-state index contributed by atoms with van der Waals surface area (Å²) in [6.45, 7) is 4.04. The van der Waals surface area contributed by atoms with Crippen molar-refractivity contribution in [2.24, 2.45) is 5.92 Å². The molecule has 3 nitrogen and oxygen atoms in total. The van der Waals surface area contributed by atoms with Gasteiger partial charge in [0.2, 0.25) is 0 Å². The van der Waals surface area contributed by atoms with E-state index >= 15 is 0 Å². The van der Waals surface area contributed by atoms with E-state index < -0.39 is 23.4 Å². The maximum atomic E-state index is 14.1. The molecule has 0 heterocycles. The van der Waals surface area contributed by atoms with Crippen LogP contribution in [0.2, 0.25) is 0 Å². The molecule has 0 aromatic heterocycles. The molecule has 3 aromatic carbocycles. The Morgan fingerprint density at radius 2 is 1.57 bits per heavy atom. The molecular formula is C30H32F2O3. The summed E-state index contributed by atoms with van der Waals surface area (Å²) < 4.78 is 38.4. The van der Waals surface area contributed by atoms with Crippen LogP contribution < -0.4 is 9.47 Å².